The number of anilines is 3. The van der Waals surface area contributed by atoms with Gasteiger partial charge in [-0.05, 0) is 49.4 Å². The molecule has 0 aliphatic rings. The zero-order chi connectivity index (χ0) is 18.4. The van der Waals surface area contributed by atoms with E-state index in [4.69, 9.17) is 10.5 Å². The van der Waals surface area contributed by atoms with Crippen LogP contribution in [0.15, 0.2) is 82.6 Å². The SMILES string of the molecule is CCOC(=O)c1cc(N)ccc1Nc1ccccc1Sc1ccccc1. The first kappa shape index (κ1) is 17.9. The molecule has 5 heteroatoms. The molecule has 0 heterocycles. The number of nitrogens with one attached hydrogen (secondary N) is 1. The number of para-hydroxylation sites is 1. The van der Waals surface area contributed by atoms with Crippen molar-refractivity contribution in [3.63, 3.8) is 0 Å². The molecule has 3 rings (SSSR count). The molecule has 0 saturated heterocycles. The number of esters is 1. The van der Waals surface area contributed by atoms with Crippen molar-refractivity contribution in [2.24, 2.45) is 0 Å². The number of hydrogen-bond acceptors (Lipinski definition) is 5. The molecule has 0 saturated carbocycles. The number of nitrogen functional groups attached to an aromatic ring is 1. The van der Waals surface area contributed by atoms with Gasteiger partial charge in [0.25, 0.3) is 0 Å². The smallest absolute Gasteiger partial charge is 0.340 e. The maximum Gasteiger partial charge on any atom is 0.340 e. The molecular formula is C21H20N2O2S. The Balaban J connectivity index is 1.91. The minimum absolute atomic E-state index is 0.313. The summed E-state index contributed by atoms with van der Waals surface area (Å²) in [5.74, 6) is -0.393. The zero-order valence-corrected chi connectivity index (χ0v) is 15.3. The van der Waals surface area contributed by atoms with Gasteiger partial charge in [0.15, 0.2) is 0 Å². The van der Waals surface area contributed by atoms with E-state index in [9.17, 15) is 4.79 Å². The lowest BCUT2D eigenvalue weighted by atomic mass is 10.1. The Hall–Kier alpha value is -2.92. The van der Waals surface area contributed by atoms with Crippen LogP contribution in [-0.2, 0) is 4.74 Å². The van der Waals surface area contributed by atoms with Crippen LogP contribution in [0.4, 0.5) is 17.1 Å². The molecule has 0 aliphatic heterocycles. The summed E-state index contributed by atoms with van der Waals surface area (Å²) in [5, 5.41) is 3.35. The van der Waals surface area contributed by atoms with Gasteiger partial charge in [0.1, 0.15) is 0 Å². The normalized spacial score (nSPS) is 10.3. The number of carbonyl (C=O) groups is 1. The van der Waals surface area contributed by atoms with Gasteiger partial charge in [0.05, 0.1) is 23.5 Å². The molecule has 0 aromatic heterocycles. The second kappa shape index (κ2) is 8.45. The first-order valence-corrected chi connectivity index (χ1v) is 9.14. The third kappa shape index (κ3) is 4.37. The summed E-state index contributed by atoms with van der Waals surface area (Å²) >= 11 is 1.66. The molecule has 3 aromatic rings. The van der Waals surface area contributed by atoms with E-state index in [2.05, 4.69) is 17.4 Å². The van der Waals surface area contributed by atoms with Crippen molar-refractivity contribution in [1.29, 1.82) is 0 Å². The van der Waals surface area contributed by atoms with Crippen LogP contribution < -0.4 is 11.1 Å². The molecule has 3 N–H and O–H groups in total. The van der Waals surface area contributed by atoms with Gasteiger partial charge in [-0.15, -0.1) is 0 Å². The van der Waals surface area contributed by atoms with Crippen molar-refractivity contribution in [1.82, 2.24) is 0 Å². The fraction of sp³-hybridized carbons (Fsp3) is 0.0952. The fourth-order valence-electron chi connectivity index (χ4n) is 2.47. The number of hydrogen-bond donors (Lipinski definition) is 2. The van der Waals surface area contributed by atoms with Crippen molar-refractivity contribution in [3.8, 4) is 0 Å². The van der Waals surface area contributed by atoms with Crippen molar-refractivity contribution >= 4 is 34.8 Å². The molecule has 0 aliphatic carbocycles. The van der Waals surface area contributed by atoms with Crippen LogP contribution in [0.2, 0.25) is 0 Å². The number of nitrogens with two attached hydrogens (primary N) is 1. The second-order valence-corrected chi connectivity index (χ2v) is 6.68. The average Bonchev–Trinajstić information content (AvgIpc) is 2.66. The van der Waals surface area contributed by atoms with E-state index < -0.39 is 5.97 Å². The van der Waals surface area contributed by atoms with E-state index in [-0.39, 0.29) is 0 Å². The Kier molecular flexibility index (Phi) is 5.81. The molecule has 132 valence electrons. The van der Waals surface area contributed by atoms with E-state index in [0.29, 0.717) is 23.5 Å². The first-order valence-electron chi connectivity index (χ1n) is 8.33. The lowest BCUT2D eigenvalue weighted by Crippen LogP contribution is -2.09. The van der Waals surface area contributed by atoms with Crippen LogP contribution in [0.3, 0.4) is 0 Å². The third-order valence-corrected chi connectivity index (χ3v) is 4.75. The Morgan fingerprint density at radius 2 is 1.73 bits per heavy atom. The van der Waals surface area contributed by atoms with E-state index in [1.54, 1.807) is 36.9 Å². The van der Waals surface area contributed by atoms with Crippen molar-refractivity contribution in [3.05, 3.63) is 78.4 Å². The number of carbonyl (C=O) groups excluding carboxylic acids is 1. The van der Waals surface area contributed by atoms with Crippen LogP contribution in [-0.4, -0.2) is 12.6 Å². The monoisotopic (exact) mass is 364 g/mol. The molecule has 26 heavy (non-hydrogen) atoms. The lowest BCUT2D eigenvalue weighted by Gasteiger charge is -2.15. The second-order valence-electron chi connectivity index (χ2n) is 5.56. The molecule has 0 spiro atoms. The molecular weight excluding hydrogens is 344 g/mol. The highest BCUT2D eigenvalue weighted by molar-refractivity contribution is 7.99. The summed E-state index contributed by atoms with van der Waals surface area (Å²) in [6.07, 6.45) is 0. The largest absolute Gasteiger partial charge is 0.462 e. The maximum atomic E-state index is 12.3. The van der Waals surface area contributed by atoms with Crippen molar-refractivity contribution < 1.29 is 9.53 Å². The Morgan fingerprint density at radius 3 is 2.50 bits per heavy atom. The van der Waals surface area contributed by atoms with Gasteiger partial charge in [-0.2, -0.15) is 0 Å². The van der Waals surface area contributed by atoms with Crippen LogP contribution in [0, 0.1) is 0 Å². The van der Waals surface area contributed by atoms with Gasteiger partial charge in [-0.1, -0.05) is 42.1 Å². The predicted molar refractivity (Wildman–Crippen MR) is 107 cm³/mol. The van der Waals surface area contributed by atoms with Gasteiger partial charge in [-0.3, -0.25) is 0 Å². The maximum absolute atomic E-state index is 12.3. The molecule has 0 radical (unpaired) electrons. The van der Waals surface area contributed by atoms with Crippen LogP contribution >= 0.6 is 11.8 Å². The van der Waals surface area contributed by atoms with E-state index in [1.807, 2.05) is 42.5 Å². The molecule has 3 aromatic carbocycles. The Bertz CT molecular complexity index is 898. The minimum Gasteiger partial charge on any atom is -0.462 e. The van der Waals surface area contributed by atoms with Crippen LogP contribution in [0.25, 0.3) is 0 Å². The lowest BCUT2D eigenvalue weighted by molar-refractivity contribution is 0.0527. The highest BCUT2D eigenvalue weighted by atomic mass is 32.2. The Morgan fingerprint density at radius 1 is 1.00 bits per heavy atom. The first-order chi connectivity index (χ1) is 12.7. The summed E-state index contributed by atoms with van der Waals surface area (Å²) < 4.78 is 5.15. The zero-order valence-electron chi connectivity index (χ0n) is 14.4. The van der Waals surface area contributed by atoms with Gasteiger partial charge >= 0.3 is 5.97 Å². The highest BCUT2D eigenvalue weighted by Gasteiger charge is 2.14. The van der Waals surface area contributed by atoms with Crippen LogP contribution in [0.5, 0.6) is 0 Å². The summed E-state index contributed by atoms with van der Waals surface area (Å²) in [6, 6.07) is 23.3. The fourth-order valence-corrected chi connectivity index (χ4v) is 3.39. The van der Waals surface area contributed by atoms with Gasteiger partial charge < -0.3 is 15.8 Å². The molecule has 0 unspecified atom stereocenters. The number of benzene rings is 3. The predicted octanol–water partition coefficient (Wildman–Crippen LogP) is 5.34. The van der Waals surface area contributed by atoms with E-state index in [0.717, 1.165) is 15.5 Å². The molecule has 4 nitrogen and oxygen atoms in total. The van der Waals surface area contributed by atoms with Gasteiger partial charge in [0, 0.05) is 15.5 Å². The standard InChI is InChI=1S/C21H20N2O2S/c1-2-25-21(24)17-14-15(22)12-13-18(17)23-19-10-6-7-11-20(19)26-16-8-4-3-5-9-16/h3-14,23H,2,22H2,1H3. The third-order valence-electron chi connectivity index (χ3n) is 3.67. The summed E-state index contributed by atoms with van der Waals surface area (Å²) in [6.45, 7) is 2.09. The average molecular weight is 364 g/mol. The topological polar surface area (TPSA) is 64.3 Å². The molecule has 0 amide bonds. The Labute approximate surface area is 157 Å². The molecule has 0 fully saturated rings. The van der Waals surface area contributed by atoms with Crippen molar-refractivity contribution in [2.45, 2.75) is 16.7 Å². The number of rotatable bonds is 6. The molecule has 0 bridgehead atoms. The summed E-state index contributed by atoms with van der Waals surface area (Å²) in [7, 11) is 0. The van der Waals surface area contributed by atoms with Crippen LogP contribution in [0.1, 0.15) is 17.3 Å². The highest BCUT2D eigenvalue weighted by Crippen LogP contribution is 2.35. The quantitative estimate of drug-likeness (QED) is 0.456. The van der Waals surface area contributed by atoms with Crippen molar-refractivity contribution in [2.75, 3.05) is 17.7 Å². The summed E-state index contributed by atoms with van der Waals surface area (Å²) in [4.78, 5) is 14.5. The van der Waals surface area contributed by atoms with Gasteiger partial charge in [-0.25, -0.2) is 4.79 Å². The summed E-state index contributed by atoms with van der Waals surface area (Å²) in [5.41, 5.74) is 8.37. The number of ether oxygens (including phenoxy) is 1. The van der Waals surface area contributed by atoms with E-state index in [1.165, 1.54) is 0 Å². The van der Waals surface area contributed by atoms with E-state index >= 15 is 0 Å². The van der Waals surface area contributed by atoms with Gasteiger partial charge in [0.2, 0.25) is 0 Å². The molecule has 0 atom stereocenters. The minimum atomic E-state index is -0.393.